The first-order chi connectivity index (χ1) is 7.31. The van der Waals surface area contributed by atoms with E-state index in [0.29, 0.717) is 18.1 Å². The summed E-state index contributed by atoms with van der Waals surface area (Å²) in [6.07, 6.45) is 2.47. The van der Waals surface area contributed by atoms with Gasteiger partial charge < -0.3 is 5.32 Å². The molecule has 0 heterocycles. The zero-order valence-corrected chi connectivity index (χ0v) is 9.12. The van der Waals surface area contributed by atoms with Gasteiger partial charge in [-0.3, -0.25) is 4.79 Å². The summed E-state index contributed by atoms with van der Waals surface area (Å²) in [4.78, 5) is 11.6. The molecular formula is C13H17NO. The maximum Gasteiger partial charge on any atom is 0.134 e. The Morgan fingerprint density at radius 1 is 1.47 bits per heavy atom. The van der Waals surface area contributed by atoms with Crippen molar-refractivity contribution in [3.63, 3.8) is 0 Å². The fourth-order valence-corrected chi connectivity index (χ4v) is 2.19. The number of benzene rings is 1. The highest BCUT2D eigenvalue weighted by Gasteiger charge is 2.26. The Morgan fingerprint density at radius 2 is 2.27 bits per heavy atom. The first-order valence-corrected chi connectivity index (χ1v) is 5.55. The van der Waals surface area contributed by atoms with Crippen LogP contribution in [0.25, 0.3) is 0 Å². The second-order valence-electron chi connectivity index (χ2n) is 4.20. The Morgan fingerprint density at radius 3 is 3.00 bits per heavy atom. The summed E-state index contributed by atoms with van der Waals surface area (Å²) in [5, 5.41) is 3.01. The van der Waals surface area contributed by atoms with Gasteiger partial charge in [0.2, 0.25) is 0 Å². The van der Waals surface area contributed by atoms with E-state index < -0.39 is 0 Å². The molecule has 0 aliphatic heterocycles. The van der Waals surface area contributed by atoms with Gasteiger partial charge in [-0.15, -0.1) is 0 Å². The van der Waals surface area contributed by atoms with Gasteiger partial charge in [-0.25, -0.2) is 0 Å². The smallest absolute Gasteiger partial charge is 0.134 e. The molecule has 2 rings (SSSR count). The summed E-state index contributed by atoms with van der Waals surface area (Å²) in [7, 11) is 1.88. The molecule has 80 valence electrons. The van der Waals surface area contributed by atoms with Crippen LogP contribution in [0.15, 0.2) is 24.3 Å². The third-order valence-electron chi connectivity index (χ3n) is 3.09. The molecule has 2 heteroatoms. The fourth-order valence-electron chi connectivity index (χ4n) is 2.19. The summed E-state index contributed by atoms with van der Waals surface area (Å²) >= 11 is 0. The van der Waals surface area contributed by atoms with Crippen molar-refractivity contribution in [2.45, 2.75) is 25.2 Å². The van der Waals surface area contributed by atoms with Gasteiger partial charge >= 0.3 is 0 Å². The zero-order valence-electron chi connectivity index (χ0n) is 9.12. The molecule has 1 atom stereocenters. The van der Waals surface area contributed by atoms with E-state index in [1.807, 2.05) is 7.05 Å². The standard InChI is InChI=1S/C13H17NO/c1-14-7-6-12(15)9-11-8-10-4-2-3-5-13(10)11/h2-5,11,14H,6-9H2,1H3. The molecule has 15 heavy (non-hydrogen) atoms. The van der Waals surface area contributed by atoms with E-state index in [1.165, 1.54) is 11.1 Å². The Balaban J connectivity index is 1.87. The van der Waals surface area contributed by atoms with E-state index in [2.05, 4.69) is 29.6 Å². The number of nitrogens with one attached hydrogen (secondary N) is 1. The molecule has 1 aliphatic carbocycles. The molecule has 1 N–H and O–H groups in total. The van der Waals surface area contributed by atoms with Crippen LogP contribution in [0.5, 0.6) is 0 Å². The molecule has 0 spiro atoms. The van der Waals surface area contributed by atoms with Gasteiger partial charge in [0.15, 0.2) is 0 Å². The SMILES string of the molecule is CNCCC(=O)CC1Cc2ccccc21. The number of ketones is 1. The van der Waals surface area contributed by atoms with Crippen molar-refractivity contribution in [3.05, 3.63) is 35.4 Å². The van der Waals surface area contributed by atoms with Crippen molar-refractivity contribution in [3.8, 4) is 0 Å². The molecule has 0 amide bonds. The van der Waals surface area contributed by atoms with E-state index in [9.17, 15) is 4.79 Å². The lowest BCUT2D eigenvalue weighted by Crippen LogP contribution is -2.21. The molecule has 0 saturated heterocycles. The summed E-state index contributed by atoms with van der Waals surface area (Å²) in [5.74, 6) is 0.870. The van der Waals surface area contributed by atoms with Gasteiger partial charge in [-0.1, -0.05) is 24.3 Å². The van der Waals surface area contributed by atoms with E-state index in [1.54, 1.807) is 0 Å². The van der Waals surface area contributed by atoms with Crippen LogP contribution in [0.3, 0.4) is 0 Å². The number of hydrogen-bond acceptors (Lipinski definition) is 2. The molecular weight excluding hydrogens is 186 g/mol. The first-order valence-electron chi connectivity index (χ1n) is 5.55. The topological polar surface area (TPSA) is 29.1 Å². The number of carbonyl (C=O) groups is 1. The van der Waals surface area contributed by atoms with E-state index >= 15 is 0 Å². The van der Waals surface area contributed by atoms with Crippen molar-refractivity contribution in [2.75, 3.05) is 13.6 Å². The highest BCUT2D eigenvalue weighted by molar-refractivity contribution is 5.80. The summed E-state index contributed by atoms with van der Waals surface area (Å²) < 4.78 is 0. The quantitative estimate of drug-likeness (QED) is 0.792. The minimum absolute atomic E-state index is 0.379. The van der Waals surface area contributed by atoms with Crippen molar-refractivity contribution >= 4 is 5.78 Å². The Bertz CT molecular complexity index is 359. The minimum atomic E-state index is 0.379. The van der Waals surface area contributed by atoms with E-state index in [0.717, 1.165) is 19.4 Å². The average molecular weight is 203 g/mol. The molecule has 2 nitrogen and oxygen atoms in total. The number of rotatable bonds is 5. The van der Waals surface area contributed by atoms with Crippen molar-refractivity contribution in [2.24, 2.45) is 0 Å². The van der Waals surface area contributed by atoms with Crippen LogP contribution in [-0.2, 0) is 11.2 Å². The van der Waals surface area contributed by atoms with Crippen LogP contribution >= 0.6 is 0 Å². The van der Waals surface area contributed by atoms with Crippen molar-refractivity contribution < 1.29 is 4.79 Å². The van der Waals surface area contributed by atoms with Gasteiger partial charge in [-0.05, 0) is 30.5 Å². The van der Waals surface area contributed by atoms with Crippen LogP contribution in [-0.4, -0.2) is 19.4 Å². The van der Waals surface area contributed by atoms with Gasteiger partial charge in [-0.2, -0.15) is 0 Å². The monoisotopic (exact) mass is 203 g/mol. The predicted molar refractivity (Wildman–Crippen MR) is 61.1 cm³/mol. The molecule has 0 fully saturated rings. The zero-order chi connectivity index (χ0) is 10.7. The lowest BCUT2D eigenvalue weighted by molar-refractivity contribution is -0.119. The normalized spacial score (nSPS) is 18.1. The summed E-state index contributed by atoms with van der Waals surface area (Å²) in [6, 6.07) is 8.43. The highest BCUT2D eigenvalue weighted by atomic mass is 16.1. The lowest BCUT2D eigenvalue weighted by Gasteiger charge is -2.29. The second-order valence-corrected chi connectivity index (χ2v) is 4.20. The number of Topliss-reactive ketones (excluding diaryl/α,β-unsaturated/α-hetero) is 1. The van der Waals surface area contributed by atoms with E-state index in [4.69, 9.17) is 0 Å². The molecule has 1 aliphatic rings. The molecule has 1 aromatic rings. The number of carbonyl (C=O) groups excluding carboxylic acids is 1. The van der Waals surface area contributed by atoms with Gasteiger partial charge in [0.1, 0.15) is 5.78 Å². The van der Waals surface area contributed by atoms with Crippen LogP contribution in [0.2, 0.25) is 0 Å². The maximum atomic E-state index is 11.6. The van der Waals surface area contributed by atoms with Crippen LogP contribution in [0.4, 0.5) is 0 Å². The maximum absolute atomic E-state index is 11.6. The summed E-state index contributed by atoms with van der Waals surface area (Å²) in [6.45, 7) is 0.799. The Labute approximate surface area is 90.7 Å². The number of hydrogen-bond donors (Lipinski definition) is 1. The number of fused-ring (bicyclic) bond motifs is 1. The molecule has 0 aromatic heterocycles. The molecule has 0 bridgehead atoms. The largest absolute Gasteiger partial charge is 0.319 e. The average Bonchev–Trinajstić information content (AvgIpc) is 2.23. The minimum Gasteiger partial charge on any atom is -0.319 e. The molecule has 0 radical (unpaired) electrons. The van der Waals surface area contributed by atoms with E-state index in [-0.39, 0.29) is 0 Å². The molecule has 1 aromatic carbocycles. The Hall–Kier alpha value is -1.15. The first kappa shape index (κ1) is 10.4. The van der Waals surface area contributed by atoms with Crippen molar-refractivity contribution in [1.82, 2.24) is 5.32 Å². The molecule has 1 unspecified atom stereocenters. The van der Waals surface area contributed by atoms with Gasteiger partial charge in [0.05, 0.1) is 0 Å². The third kappa shape index (κ3) is 2.26. The lowest BCUT2D eigenvalue weighted by atomic mass is 9.75. The van der Waals surface area contributed by atoms with Crippen molar-refractivity contribution in [1.29, 1.82) is 0 Å². The van der Waals surface area contributed by atoms with Crippen LogP contribution in [0.1, 0.15) is 29.9 Å². The van der Waals surface area contributed by atoms with Crippen LogP contribution in [0, 0.1) is 0 Å². The van der Waals surface area contributed by atoms with Crippen LogP contribution < -0.4 is 5.32 Å². The predicted octanol–water partition coefficient (Wildman–Crippen LogP) is 1.90. The van der Waals surface area contributed by atoms with Gasteiger partial charge in [0.25, 0.3) is 0 Å². The Kier molecular flexibility index (Phi) is 3.17. The fraction of sp³-hybridized carbons (Fsp3) is 0.462. The van der Waals surface area contributed by atoms with Gasteiger partial charge in [0, 0.05) is 19.4 Å². The second kappa shape index (κ2) is 4.58. The summed E-state index contributed by atoms with van der Waals surface area (Å²) in [5.41, 5.74) is 2.80. The third-order valence-corrected chi connectivity index (χ3v) is 3.09. The highest BCUT2D eigenvalue weighted by Crippen LogP contribution is 2.37. The molecule has 0 saturated carbocycles.